The normalized spacial score (nSPS) is 9.90. The molecule has 6 nitrogen and oxygen atoms in total. The predicted octanol–water partition coefficient (Wildman–Crippen LogP) is 1.18. The number of ketones is 1. The second-order valence-electron chi connectivity index (χ2n) is 4.23. The SMILES string of the molecule is COC(=O)CN(CC(=O)OC)c1ccc(C(C)=O)cc1F. The summed E-state index contributed by atoms with van der Waals surface area (Å²) in [7, 11) is 2.38. The van der Waals surface area contributed by atoms with Gasteiger partial charge in [0.25, 0.3) is 0 Å². The van der Waals surface area contributed by atoms with E-state index in [4.69, 9.17) is 0 Å². The number of carbonyl (C=O) groups is 3. The molecule has 0 aromatic heterocycles. The molecule has 7 heteroatoms. The fourth-order valence-corrected chi connectivity index (χ4v) is 1.65. The first-order chi connectivity index (χ1) is 9.88. The Hall–Kier alpha value is -2.44. The van der Waals surface area contributed by atoms with Crippen molar-refractivity contribution in [2.75, 3.05) is 32.2 Å². The van der Waals surface area contributed by atoms with Crippen LogP contribution in [0.4, 0.5) is 10.1 Å². The molecular weight excluding hydrogens is 281 g/mol. The van der Waals surface area contributed by atoms with Crippen LogP contribution in [-0.2, 0) is 19.1 Å². The van der Waals surface area contributed by atoms with Crippen molar-refractivity contribution in [3.05, 3.63) is 29.6 Å². The molecule has 0 amide bonds. The van der Waals surface area contributed by atoms with Gasteiger partial charge in [-0.05, 0) is 25.1 Å². The van der Waals surface area contributed by atoms with Crippen LogP contribution in [0.3, 0.4) is 0 Å². The number of nitrogens with zero attached hydrogens (tertiary/aromatic N) is 1. The molecule has 1 aromatic rings. The average molecular weight is 297 g/mol. The van der Waals surface area contributed by atoms with E-state index in [0.29, 0.717) is 0 Å². The Balaban J connectivity index is 3.09. The smallest absolute Gasteiger partial charge is 0.325 e. The first kappa shape index (κ1) is 16.6. The highest BCUT2D eigenvalue weighted by Crippen LogP contribution is 2.21. The number of methoxy groups -OCH3 is 2. The summed E-state index contributed by atoms with van der Waals surface area (Å²) < 4.78 is 23.1. The van der Waals surface area contributed by atoms with Gasteiger partial charge >= 0.3 is 11.9 Å². The van der Waals surface area contributed by atoms with Crippen LogP contribution in [0.1, 0.15) is 17.3 Å². The van der Waals surface area contributed by atoms with Gasteiger partial charge in [0.1, 0.15) is 18.9 Å². The van der Waals surface area contributed by atoms with Crippen LogP contribution >= 0.6 is 0 Å². The number of benzene rings is 1. The third kappa shape index (κ3) is 4.55. The molecule has 0 radical (unpaired) electrons. The van der Waals surface area contributed by atoms with Crippen molar-refractivity contribution >= 4 is 23.4 Å². The lowest BCUT2D eigenvalue weighted by Gasteiger charge is -2.22. The second-order valence-corrected chi connectivity index (χ2v) is 4.23. The lowest BCUT2D eigenvalue weighted by Crippen LogP contribution is -2.36. The Morgan fingerprint density at radius 1 is 1.10 bits per heavy atom. The molecule has 0 bridgehead atoms. The van der Waals surface area contributed by atoms with Crippen molar-refractivity contribution in [1.82, 2.24) is 0 Å². The van der Waals surface area contributed by atoms with Gasteiger partial charge in [-0.25, -0.2) is 4.39 Å². The number of halogens is 1. The van der Waals surface area contributed by atoms with E-state index < -0.39 is 17.8 Å². The van der Waals surface area contributed by atoms with Gasteiger partial charge in [0.05, 0.1) is 19.9 Å². The van der Waals surface area contributed by atoms with E-state index >= 15 is 0 Å². The molecule has 0 aliphatic rings. The van der Waals surface area contributed by atoms with Crippen LogP contribution in [0.2, 0.25) is 0 Å². The molecule has 0 saturated carbocycles. The number of ether oxygens (including phenoxy) is 2. The van der Waals surface area contributed by atoms with Gasteiger partial charge in [-0.1, -0.05) is 0 Å². The van der Waals surface area contributed by atoms with E-state index in [1.807, 2.05) is 0 Å². The number of rotatable bonds is 6. The van der Waals surface area contributed by atoms with Gasteiger partial charge in [0.15, 0.2) is 5.78 Å². The van der Waals surface area contributed by atoms with E-state index in [0.717, 1.165) is 6.07 Å². The van der Waals surface area contributed by atoms with Crippen LogP contribution in [0.25, 0.3) is 0 Å². The van der Waals surface area contributed by atoms with Crippen LogP contribution in [0.5, 0.6) is 0 Å². The van der Waals surface area contributed by atoms with Gasteiger partial charge in [-0.15, -0.1) is 0 Å². The summed E-state index contributed by atoms with van der Waals surface area (Å²) in [6.07, 6.45) is 0. The lowest BCUT2D eigenvalue weighted by atomic mass is 10.1. The molecule has 0 spiro atoms. The molecule has 0 fully saturated rings. The van der Waals surface area contributed by atoms with Crippen molar-refractivity contribution < 1.29 is 28.2 Å². The largest absolute Gasteiger partial charge is 0.468 e. The van der Waals surface area contributed by atoms with Crippen LogP contribution < -0.4 is 4.90 Å². The van der Waals surface area contributed by atoms with Crippen molar-refractivity contribution in [2.24, 2.45) is 0 Å². The van der Waals surface area contributed by atoms with Gasteiger partial charge in [-0.2, -0.15) is 0 Å². The van der Waals surface area contributed by atoms with E-state index in [1.54, 1.807) is 0 Å². The number of hydrogen-bond donors (Lipinski definition) is 0. The summed E-state index contributed by atoms with van der Waals surface area (Å²) in [5.41, 5.74) is 0.211. The summed E-state index contributed by atoms with van der Waals surface area (Å²) >= 11 is 0. The molecule has 0 aliphatic carbocycles. The Kier molecular flexibility index (Phi) is 5.83. The van der Waals surface area contributed by atoms with Crippen molar-refractivity contribution in [3.63, 3.8) is 0 Å². The van der Waals surface area contributed by atoms with E-state index in [-0.39, 0.29) is 30.1 Å². The fourth-order valence-electron chi connectivity index (χ4n) is 1.65. The molecule has 1 rings (SSSR count). The summed E-state index contributed by atoms with van der Waals surface area (Å²) in [5, 5.41) is 0. The van der Waals surface area contributed by atoms with Crippen molar-refractivity contribution in [2.45, 2.75) is 6.92 Å². The second kappa shape index (κ2) is 7.37. The minimum atomic E-state index is -0.712. The zero-order chi connectivity index (χ0) is 16.0. The lowest BCUT2D eigenvalue weighted by molar-refractivity contribution is -0.140. The standard InChI is InChI=1S/C14H16FNO5/c1-9(17)10-4-5-12(11(15)6-10)16(7-13(18)20-2)8-14(19)21-3/h4-6H,7-8H2,1-3H3. The molecule has 0 unspecified atom stereocenters. The van der Waals surface area contributed by atoms with Crippen molar-refractivity contribution in [3.8, 4) is 0 Å². The quantitative estimate of drug-likeness (QED) is 0.580. The number of Topliss-reactive ketones (excluding diaryl/α,β-unsaturated/α-hetero) is 1. The highest BCUT2D eigenvalue weighted by Gasteiger charge is 2.19. The molecule has 0 atom stereocenters. The van der Waals surface area contributed by atoms with Crippen molar-refractivity contribution in [1.29, 1.82) is 0 Å². The minimum Gasteiger partial charge on any atom is -0.468 e. The average Bonchev–Trinajstić information content (AvgIpc) is 2.45. The highest BCUT2D eigenvalue weighted by atomic mass is 19.1. The third-order valence-corrected chi connectivity index (χ3v) is 2.79. The Labute approximate surface area is 121 Å². The zero-order valence-electron chi connectivity index (χ0n) is 12.0. The molecular formula is C14H16FNO5. The monoisotopic (exact) mass is 297 g/mol. The van der Waals surface area contributed by atoms with Gasteiger partial charge in [-0.3, -0.25) is 14.4 Å². The molecule has 0 aliphatic heterocycles. The zero-order valence-corrected chi connectivity index (χ0v) is 12.0. The molecule has 114 valence electrons. The molecule has 0 N–H and O–H groups in total. The Bertz CT molecular complexity index is 540. The van der Waals surface area contributed by atoms with Gasteiger partial charge in [0, 0.05) is 5.56 Å². The van der Waals surface area contributed by atoms with Crippen LogP contribution in [0.15, 0.2) is 18.2 Å². The summed E-state index contributed by atoms with van der Waals surface area (Å²) in [6.45, 7) is 0.680. The first-order valence-corrected chi connectivity index (χ1v) is 6.08. The Morgan fingerprint density at radius 2 is 1.62 bits per heavy atom. The predicted molar refractivity (Wildman–Crippen MR) is 72.6 cm³/mol. The maximum absolute atomic E-state index is 14.1. The topological polar surface area (TPSA) is 72.9 Å². The molecule has 0 saturated heterocycles. The number of carbonyl (C=O) groups excluding carboxylic acids is 3. The van der Waals surface area contributed by atoms with E-state index in [2.05, 4.69) is 9.47 Å². The fraction of sp³-hybridized carbons (Fsp3) is 0.357. The van der Waals surface area contributed by atoms with Gasteiger partial charge < -0.3 is 14.4 Å². The summed E-state index contributed by atoms with van der Waals surface area (Å²) in [6, 6.07) is 3.81. The van der Waals surface area contributed by atoms with Crippen LogP contribution in [-0.4, -0.2) is 45.0 Å². The summed E-state index contributed by atoms with van der Waals surface area (Å²) in [5.74, 6) is -2.26. The first-order valence-electron chi connectivity index (χ1n) is 6.08. The van der Waals surface area contributed by atoms with Crippen LogP contribution in [0, 0.1) is 5.82 Å². The molecule has 1 aromatic carbocycles. The number of esters is 2. The third-order valence-electron chi connectivity index (χ3n) is 2.79. The Morgan fingerprint density at radius 3 is 2.00 bits per heavy atom. The minimum absolute atomic E-state index is 0.0100. The molecule has 21 heavy (non-hydrogen) atoms. The number of hydrogen-bond acceptors (Lipinski definition) is 6. The molecule has 0 heterocycles. The number of anilines is 1. The maximum atomic E-state index is 14.1. The van der Waals surface area contributed by atoms with E-state index in [9.17, 15) is 18.8 Å². The van der Waals surface area contributed by atoms with Gasteiger partial charge in [0.2, 0.25) is 0 Å². The summed E-state index contributed by atoms with van der Waals surface area (Å²) in [4.78, 5) is 35.1. The van der Waals surface area contributed by atoms with E-state index in [1.165, 1.54) is 38.2 Å². The highest BCUT2D eigenvalue weighted by molar-refractivity contribution is 5.94. The maximum Gasteiger partial charge on any atom is 0.325 e.